The van der Waals surface area contributed by atoms with E-state index in [-0.39, 0.29) is 5.03 Å². The highest BCUT2D eigenvalue weighted by Gasteiger charge is 2.09. The summed E-state index contributed by atoms with van der Waals surface area (Å²) in [4.78, 5) is 7.82. The molecule has 5 nitrogen and oxygen atoms in total. The molecular weight excluding hydrogens is 238 g/mol. The highest BCUT2D eigenvalue weighted by Crippen LogP contribution is 2.14. The highest BCUT2D eigenvalue weighted by atomic mass is 32.2. The van der Waals surface area contributed by atoms with Crippen LogP contribution >= 0.6 is 0 Å². The monoisotopic (exact) mass is 249 g/mol. The predicted molar refractivity (Wildman–Crippen MR) is 64.9 cm³/mol. The van der Waals surface area contributed by atoms with Crippen LogP contribution in [0.1, 0.15) is 0 Å². The maximum atomic E-state index is 11.3. The van der Waals surface area contributed by atoms with Gasteiger partial charge >= 0.3 is 0 Å². The van der Waals surface area contributed by atoms with Gasteiger partial charge in [0.25, 0.3) is 0 Å². The minimum Gasteiger partial charge on any atom is -0.339 e. The molecule has 0 bridgehead atoms. The van der Waals surface area contributed by atoms with Gasteiger partial charge < -0.3 is 5.32 Å². The van der Waals surface area contributed by atoms with Gasteiger partial charge in [0.1, 0.15) is 5.82 Å². The van der Waals surface area contributed by atoms with E-state index in [4.69, 9.17) is 0 Å². The van der Waals surface area contributed by atoms with Gasteiger partial charge in [-0.15, -0.1) is 0 Å². The lowest BCUT2D eigenvalue weighted by Crippen LogP contribution is -2.03. The number of aromatic nitrogens is 2. The first-order valence-corrected chi connectivity index (χ1v) is 6.79. The van der Waals surface area contributed by atoms with Crippen LogP contribution in [0.25, 0.3) is 0 Å². The molecule has 88 valence electrons. The average molecular weight is 249 g/mol. The number of nitrogens with zero attached hydrogens (tertiary/aromatic N) is 2. The molecule has 0 aliphatic carbocycles. The Hall–Kier alpha value is -1.95. The van der Waals surface area contributed by atoms with Crippen LogP contribution in [0.4, 0.5) is 11.5 Å². The molecule has 0 radical (unpaired) electrons. The van der Waals surface area contributed by atoms with E-state index in [0.717, 1.165) is 11.9 Å². The summed E-state index contributed by atoms with van der Waals surface area (Å²) in [5.41, 5.74) is 0.826. The van der Waals surface area contributed by atoms with Crippen molar-refractivity contribution in [2.75, 3.05) is 11.6 Å². The fourth-order valence-electron chi connectivity index (χ4n) is 1.26. The lowest BCUT2D eigenvalue weighted by atomic mass is 10.3. The second kappa shape index (κ2) is 4.50. The Morgan fingerprint density at radius 3 is 2.47 bits per heavy atom. The van der Waals surface area contributed by atoms with Crippen LogP contribution < -0.4 is 5.32 Å². The molecule has 6 heteroatoms. The molecule has 0 saturated carbocycles. The topological polar surface area (TPSA) is 72.0 Å². The first-order chi connectivity index (χ1) is 8.05. The summed E-state index contributed by atoms with van der Waals surface area (Å²) in [5.74, 6) is 0.402. The standard InChI is InChI=1S/C11H11N3O2S/c1-17(15,16)11-8-12-7-10(14-11)13-9-5-3-2-4-6-9/h2-8H,1H3,(H,13,14). The van der Waals surface area contributed by atoms with Gasteiger partial charge in [-0.05, 0) is 12.1 Å². The molecule has 0 saturated heterocycles. The van der Waals surface area contributed by atoms with Crippen molar-refractivity contribution in [3.63, 3.8) is 0 Å². The molecule has 17 heavy (non-hydrogen) atoms. The summed E-state index contributed by atoms with van der Waals surface area (Å²) in [7, 11) is -3.33. The van der Waals surface area contributed by atoms with Gasteiger partial charge in [-0.2, -0.15) is 0 Å². The number of benzene rings is 1. The van der Waals surface area contributed by atoms with Crippen LogP contribution in [0, 0.1) is 0 Å². The molecule has 0 aliphatic heterocycles. The summed E-state index contributed by atoms with van der Waals surface area (Å²) in [5, 5.41) is 2.94. The molecule has 0 amide bonds. The van der Waals surface area contributed by atoms with Gasteiger partial charge in [-0.3, -0.25) is 4.98 Å². The van der Waals surface area contributed by atoms with Crippen molar-refractivity contribution in [1.82, 2.24) is 9.97 Å². The number of nitrogens with one attached hydrogen (secondary N) is 1. The molecule has 1 heterocycles. The van der Waals surface area contributed by atoms with E-state index in [1.54, 1.807) is 0 Å². The second-order valence-electron chi connectivity index (χ2n) is 3.51. The van der Waals surface area contributed by atoms with Gasteiger partial charge in [0, 0.05) is 11.9 Å². The molecular formula is C11H11N3O2S. The zero-order chi connectivity index (χ0) is 12.3. The summed E-state index contributed by atoms with van der Waals surface area (Å²) < 4.78 is 22.6. The zero-order valence-corrected chi connectivity index (χ0v) is 9.98. The van der Waals surface area contributed by atoms with Crippen molar-refractivity contribution >= 4 is 21.3 Å². The maximum absolute atomic E-state index is 11.3. The lowest BCUT2D eigenvalue weighted by molar-refractivity contribution is 0.597. The first kappa shape index (κ1) is 11.5. The van der Waals surface area contributed by atoms with Crippen molar-refractivity contribution in [3.05, 3.63) is 42.7 Å². The fraction of sp³-hybridized carbons (Fsp3) is 0.0909. The van der Waals surface area contributed by atoms with E-state index < -0.39 is 9.84 Å². The molecule has 1 N–H and O–H groups in total. The SMILES string of the molecule is CS(=O)(=O)c1cncc(Nc2ccccc2)n1. The molecule has 2 aromatic rings. The number of hydrogen-bond acceptors (Lipinski definition) is 5. The summed E-state index contributed by atoms with van der Waals surface area (Å²) in [6.45, 7) is 0. The van der Waals surface area contributed by atoms with Crippen molar-refractivity contribution < 1.29 is 8.42 Å². The van der Waals surface area contributed by atoms with Crippen LogP contribution in [0.3, 0.4) is 0 Å². The Bertz CT molecular complexity index is 612. The number of anilines is 2. The second-order valence-corrected chi connectivity index (χ2v) is 5.47. The lowest BCUT2D eigenvalue weighted by Gasteiger charge is -2.05. The van der Waals surface area contributed by atoms with Crippen molar-refractivity contribution in [3.8, 4) is 0 Å². The Labute approximate surface area is 99.5 Å². The molecule has 0 spiro atoms. The summed E-state index contributed by atoms with van der Waals surface area (Å²) >= 11 is 0. The third kappa shape index (κ3) is 3.01. The predicted octanol–water partition coefficient (Wildman–Crippen LogP) is 1.62. The molecule has 2 rings (SSSR count). The van der Waals surface area contributed by atoms with Gasteiger partial charge in [0.15, 0.2) is 14.9 Å². The van der Waals surface area contributed by atoms with Gasteiger partial charge in [-0.25, -0.2) is 13.4 Å². The van der Waals surface area contributed by atoms with E-state index in [2.05, 4.69) is 15.3 Å². The number of rotatable bonds is 3. The smallest absolute Gasteiger partial charge is 0.194 e. The molecule has 0 aliphatic rings. The number of para-hydroxylation sites is 1. The van der Waals surface area contributed by atoms with E-state index in [1.807, 2.05) is 30.3 Å². The van der Waals surface area contributed by atoms with Crippen LogP contribution in [0.2, 0.25) is 0 Å². The van der Waals surface area contributed by atoms with Crippen LogP contribution in [0.15, 0.2) is 47.8 Å². The summed E-state index contributed by atoms with van der Waals surface area (Å²) in [6.07, 6.45) is 3.80. The van der Waals surface area contributed by atoms with E-state index in [0.29, 0.717) is 5.82 Å². The number of hydrogen-bond donors (Lipinski definition) is 1. The van der Waals surface area contributed by atoms with Crippen LogP contribution in [-0.2, 0) is 9.84 Å². The van der Waals surface area contributed by atoms with Gasteiger partial charge in [-0.1, -0.05) is 18.2 Å². The van der Waals surface area contributed by atoms with E-state index >= 15 is 0 Å². The summed E-state index contributed by atoms with van der Waals surface area (Å²) in [6, 6.07) is 9.35. The highest BCUT2D eigenvalue weighted by molar-refractivity contribution is 7.90. The fourth-order valence-corrected chi connectivity index (χ4v) is 1.77. The van der Waals surface area contributed by atoms with Crippen molar-refractivity contribution in [2.24, 2.45) is 0 Å². The molecule has 1 aromatic carbocycles. The van der Waals surface area contributed by atoms with Gasteiger partial charge in [0.2, 0.25) is 0 Å². The van der Waals surface area contributed by atoms with E-state index in [1.165, 1.54) is 12.4 Å². The Morgan fingerprint density at radius 2 is 1.82 bits per heavy atom. The first-order valence-electron chi connectivity index (χ1n) is 4.90. The van der Waals surface area contributed by atoms with Crippen molar-refractivity contribution in [2.45, 2.75) is 5.03 Å². The van der Waals surface area contributed by atoms with Crippen LogP contribution in [-0.4, -0.2) is 24.6 Å². The average Bonchev–Trinajstić information content (AvgIpc) is 2.29. The van der Waals surface area contributed by atoms with Gasteiger partial charge in [0.05, 0.1) is 12.4 Å². The normalized spacial score (nSPS) is 11.1. The Morgan fingerprint density at radius 1 is 1.12 bits per heavy atom. The molecule has 1 aromatic heterocycles. The maximum Gasteiger partial charge on any atom is 0.194 e. The van der Waals surface area contributed by atoms with Crippen LogP contribution in [0.5, 0.6) is 0 Å². The quantitative estimate of drug-likeness (QED) is 0.895. The Balaban J connectivity index is 2.29. The third-order valence-corrected chi connectivity index (χ3v) is 3.00. The minimum absolute atomic E-state index is 0.0431. The molecule has 0 fully saturated rings. The zero-order valence-electron chi connectivity index (χ0n) is 9.16. The Kier molecular flexibility index (Phi) is 3.06. The molecule has 0 atom stereocenters. The minimum atomic E-state index is -3.33. The largest absolute Gasteiger partial charge is 0.339 e. The van der Waals surface area contributed by atoms with E-state index in [9.17, 15) is 8.42 Å². The number of sulfone groups is 1. The third-order valence-electron chi connectivity index (χ3n) is 2.04. The molecule has 0 unspecified atom stereocenters. The van der Waals surface area contributed by atoms with Crippen molar-refractivity contribution in [1.29, 1.82) is 0 Å².